The lowest BCUT2D eigenvalue weighted by atomic mass is 10.1. The lowest BCUT2D eigenvalue weighted by molar-refractivity contribution is 0.101. The van der Waals surface area contributed by atoms with E-state index < -0.39 is 51.1 Å². The molecule has 2 aromatic carbocycles. The Hall–Kier alpha value is -2.28. The monoisotopic (exact) mass is 318 g/mol. The number of anilines is 2. The normalized spacial score (nSPS) is 10.5. The Morgan fingerprint density at radius 1 is 1.10 bits per heavy atom. The summed E-state index contributed by atoms with van der Waals surface area (Å²) in [7, 11) is 0. The van der Waals surface area contributed by atoms with Crippen LogP contribution in [-0.4, -0.2) is 5.91 Å². The highest BCUT2D eigenvalue weighted by molar-refractivity contribution is 6.34. The molecular formula is C13H7ClF4N2O. The fraction of sp³-hybridized carbons (Fsp3) is 0. The van der Waals surface area contributed by atoms with E-state index in [-0.39, 0.29) is 0 Å². The summed E-state index contributed by atoms with van der Waals surface area (Å²) in [5, 5.41) is 1.43. The number of nitrogens with two attached hydrogens (primary N) is 1. The molecule has 0 atom stereocenters. The topological polar surface area (TPSA) is 55.1 Å². The first-order chi connectivity index (χ1) is 9.81. The summed E-state index contributed by atoms with van der Waals surface area (Å²) in [6.45, 7) is 0. The van der Waals surface area contributed by atoms with Crippen LogP contribution < -0.4 is 11.1 Å². The van der Waals surface area contributed by atoms with E-state index in [9.17, 15) is 22.4 Å². The van der Waals surface area contributed by atoms with E-state index in [1.807, 2.05) is 5.32 Å². The van der Waals surface area contributed by atoms with Crippen molar-refractivity contribution in [1.82, 2.24) is 0 Å². The van der Waals surface area contributed by atoms with Crippen molar-refractivity contribution in [1.29, 1.82) is 0 Å². The summed E-state index contributed by atoms with van der Waals surface area (Å²) in [6, 6.07) is 2.93. The molecule has 110 valence electrons. The summed E-state index contributed by atoms with van der Waals surface area (Å²) < 4.78 is 53.6. The van der Waals surface area contributed by atoms with E-state index >= 15 is 0 Å². The van der Waals surface area contributed by atoms with Crippen molar-refractivity contribution in [2.75, 3.05) is 11.1 Å². The van der Waals surface area contributed by atoms with Crippen LogP contribution in [0.5, 0.6) is 0 Å². The van der Waals surface area contributed by atoms with Crippen LogP contribution in [0.1, 0.15) is 10.4 Å². The quantitative estimate of drug-likeness (QED) is 0.655. The van der Waals surface area contributed by atoms with E-state index in [1.54, 1.807) is 0 Å². The highest BCUT2D eigenvalue weighted by Crippen LogP contribution is 2.28. The number of halogens is 5. The SMILES string of the molecule is Nc1ccc(F)c(C(=O)Nc2c(F)cc(F)cc2Cl)c1F. The molecule has 0 radical (unpaired) electrons. The molecule has 0 saturated heterocycles. The zero-order valence-corrected chi connectivity index (χ0v) is 10.9. The van der Waals surface area contributed by atoms with Gasteiger partial charge in [0.15, 0.2) is 11.6 Å². The van der Waals surface area contributed by atoms with Crippen molar-refractivity contribution in [2.45, 2.75) is 0 Å². The Morgan fingerprint density at radius 2 is 1.76 bits per heavy atom. The molecule has 0 aliphatic carbocycles. The van der Waals surface area contributed by atoms with Crippen LogP contribution in [0.2, 0.25) is 5.02 Å². The number of hydrogen-bond acceptors (Lipinski definition) is 2. The average molecular weight is 319 g/mol. The standard InChI is InChI=1S/C13H7ClF4N2O/c14-6-3-5(15)4-8(17)12(6)20-13(21)10-7(16)1-2-9(19)11(10)18/h1-4H,19H2,(H,20,21). The van der Waals surface area contributed by atoms with Crippen molar-refractivity contribution in [2.24, 2.45) is 0 Å². The van der Waals surface area contributed by atoms with Gasteiger partial charge in [0.1, 0.15) is 17.2 Å². The molecule has 1 amide bonds. The Labute approximate surface area is 121 Å². The smallest absolute Gasteiger partial charge is 0.261 e. The van der Waals surface area contributed by atoms with Crippen LogP contribution in [0, 0.1) is 23.3 Å². The van der Waals surface area contributed by atoms with E-state index in [2.05, 4.69) is 0 Å². The Bertz CT molecular complexity index is 713. The summed E-state index contributed by atoms with van der Waals surface area (Å²) in [4.78, 5) is 11.8. The Balaban J connectivity index is 2.42. The molecule has 8 heteroatoms. The molecule has 0 saturated carbocycles. The number of benzene rings is 2. The van der Waals surface area contributed by atoms with Crippen molar-refractivity contribution in [3.05, 3.63) is 58.1 Å². The number of nitrogen functional groups attached to an aromatic ring is 1. The van der Waals surface area contributed by atoms with Crippen molar-refractivity contribution in [3.8, 4) is 0 Å². The number of amides is 1. The fourth-order valence-corrected chi connectivity index (χ4v) is 1.86. The first kappa shape index (κ1) is 15.1. The van der Waals surface area contributed by atoms with Crippen LogP contribution in [0.4, 0.5) is 28.9 Å². The summed E-state index contributed by atoms with van der Waals surface area (Å²) in [6.07, 6.45) is 0. The molecule has 0 bridgehead atoms. The average Bonchev–Trinajstić information content (AvgIpc) is 2.38. The van der Waals surface area contributed by atoms with Gasteiger partial charge in [-0.3, -0.25) is 4.79 Å². The summed E-state index contributed by atoms with van der Waals surface area (Å²) in [5.74, 6) is -5.91. The second-order valence-corrected chi connectivity index (χ2v) is 4.43. The van der Waals surface area contributed by atoms with Gasteiger partial charge in [-0.15, -0.1) is 0 Å². The molecule has 0 heterocycles. The van der Waals surface area contributed by atoms with Gasteiger partial charge in [0.05, 0.1) is 16.4 Å². The van der Waals surface area contributed by atoms with E-state index in [1.165, 1.54) is 0 Å². The minimum atomic E-state index is -1.30. The zero-order valence-electron chi connectivity index (χ0n) is 10.2. The lowest BCUT2D eigenvalue weighted by Crippen LogP contribution is -2.18. The van der Waals surface area contributed by atoms with Gasteiger partial charge >= 0.3 is 0 Å². The minimum Gasteiger partial charge on any atom is -0.396 e. The molecule has 0 aromatic heterocycles. The van der Waals surface area contributed by atoms with Gasteiger partial charge in [-0.1, -0.05) is 11.6 Å². The highest BCUT2D eigenvalue weighted by atomic mass is 35.5. The number of rotatable bonds is 2. The number of carbonyl (C=O) groups is 1. The molecule has 3 N–H and O–H groups in total. The van der Waals surface area contributed by atoms with E-state index in [0.717, 1.165) is 18.2 Å². The molecule has 2 aromatic rings. The van der Waals surface area contributed by atoms with Crippen LogP contribution in [0.3, 0.4) is 0 Å². The molecule has 0 aliphatic rings. The first-order valence-corrected chi connectivity index (χ1v) is 5.88. The lowest BCUT2D eigenvalue weighted by Gasteiger charge is -2.10. The second-order valence-electron chi connectivity index (χ2n) is 4.02. The molecule has 0 spiro atoms. The molecule has 0 aliphatic heterocycles. The first-order valence-electron chi connectivity index (χ1n) is 5.50. The van der Waals surface area contributed by atoms with Gasteiger partial charge < -0.3 is 11.1 Å². The third kappa shape index (κ3) is 2.92. The maximum absolute atomic E-state index is 13.7. The summed E-state index contributed by atoms with van der Waals surface area (Å²) >= 11 is 5.57. The minimum absolute atomic E-state index is 0.452. The molecule has 0 unspecified atom stereocenters. The number of carbonyl (C=O) groups excluding carboxylic acids is 1. The number of hydrogen-bond donors (Lipinski definition) is 2. The van der Waals surface area contributed by atoms with Crippen molar-refractivity contribution < 1.29 is 22.4 Å². The van der Waals surface area contributed by atoms with Gasteiger partial charge in [-0.25, -0.2) is 17.6 Å². The maximum Gasteiger partial charge on any atom is 0.261 e. The van der Waals surface area contributed by atoms with Crippen molar-refractivity contribution >= 4 is 28.9 Å². The Morgan fingerprint density at radius 3 is 2.38 bits per heavy atom. The van der Waals surface area contributed by atoms with Crippen LogP contribution in [0.25, 0.3) is 0 Å². The van der Waals surface area contributed by atoms with Gasteiger partial charge in [-0.05, 0) is 18.2 Å². The third-order valence-corrected chi connectivity index (χ3v) is 2.89. The fourth-order valence-electron chi connectivity index (χ4n) is 1.61. The second kappa shape index (κ2) is 5.61. The van der Waals surface area contributed by atoms with Crippen LogP contribution in [-0.2, 0) is 0 Å². The van der Waals surface area contributed by atoms with Crippen LogP contribution >= 0.6 is 11.6 Å². The maximum atomic E-state index is 13.7. The van der Waals surface area contributed by atoms with E-state index in [0.29, 0.717) is 6.07 Å². The molecule has 3 nitrogen and oxygen atoms in total. The molecule has 21 heavy (non-hydrogen) atoms. The van der Waals surface area contributed by atoms with Gasteiger partial charge in [0, 0.05) is 6.07 Å². The molecular weight excluding hydrogens is 312 g/mol. The highest BCUT2D eigenvalue weighted by Gasteiger charge is 2.22. The van der Waals surface area contributed by atoms with Crippen LogP contribution in [0.15, 0.2) is 24.3 Å². The number of nitrogens with one attached hydrogen (secondary N) is 1. The molecule has 2 rings (SSSR count). The predicted octanol–water partition coefficient (Wildman–Crippen LogP) is 3.73. The molecule has 0 fully saturated rings. The van der Waals surface area contributed by atoms with Crippen molar-refractivity contribution in [3.63, 3.8) is 0 Å². The van der Waals surface area contributed by atoms with Gasteiger partial charge in [-0.2, -0.15) is 0 Å². The largest absolute Gasteiger partial charge is 0.396 e. The summed E-state index contributed by atoms with van der Waals surface area (Å²) in [5.41, 5.74) is 3.19. The Kier molecular flexibility index (Phi) is 4.04. The predicted molar refractivity (Wildman–Crippen MR) is 70.1 cm³/mol. The van der Waals surface area contributed by atoms with Gasteiger partial charge in [0.2, 0.25) is 0 Å². The van der Waals surface area contributed by atoms with Gasteiger partial charge in [0.25, 0.3) is 5.91 Å². The third-order valence-electron chi connectivity index (χ3n) is 2.59. The zero-order chi connectivity index (χ0) is 15.7. The van der Waals surface area contributed by atoms with E-state index in [4.69, 9.17) is 17.3 Å².